The maximum Gasteiger partial charge on any atom is 0.253 e. The van der Waals surface area contributed by atoms with Crippen LogP contribution in [0.25, 0.3) is 11.3 Å². The number of hydrogen-bond acceptors (Lipinski definition) is 4. The number of nitrogens with zero attached hydrogens (tertiary/aromatic N) is 2. The predicted molar refractivity (Wildman–Crippen MR) is 157 cm³/mol. The van der Waals surface area contributed by atoms with Gasteiger partial charge in [0.1, 0.15) is 0 Å². The molecule has 2 N–H and O–H groups in total. The summed E-state index contributed by atoms with van der Waals surface area (Å²) in [5.41, 5.74) is 3.48. The van der Waals surface area contributed by atoms with Gasteiger partial charge in [-0.2, -0.15) is 0 Å². The van der Waals surface area contributed by atoms with Crippen LogP contribution in [-0.2, 0) is 4.79 Å². The van der Waals surface area contributed by atoms with Crippen molar-refractivity contribution in [1.82, 2.24) is 14.8 Å². The number of nitrogens with one attached hydrogen (secondary N) is 2. The van der Waals surface area contributed by atoms with E-state index in [0.29, 0.717) is 10.7 Å². The van der Waals surface area contributed by atoms with Crippen LogP contribution in [0.1, 0.15) is 75.7 Å². The van der Waals surface area contributed by atoms with Crippen molar-refractivity contribution in [1.29, 1.82) is 0 Å². The first-order valence-electron chi connectivity index (χ1n) is 13.3. The largest absolute Gasteiger partial charge is 0.402 e. The normalized spacial score (nSPS) is 12.2. The monoisotopic (exact) mass is 521 g/mol. The molecule has 8 heteroatoms. The van der Waals surface area contributed by atoms with E-state index in [9.17, 15) is 9.59 Å². The van der Waals surface area contributed by atoms with Crippen LogP contribution in [-0.4, -0.2) is 35.2 Å². The molecule has 37 heavy (non-hydrogen) atoms. The Labute approximate surface area is 227 Å². The number of anilines is 1. The Balaban J connectivity index is 0.000000371. The molecule has 0 saturated heterocycles. The van der Waals surface area contributed by atoms with Gasteiger partial charge in [-0.3, -0.25) is 9.59 Å². The van der Waals surface area contributed by atoms with Gasteiger partial charge in [-0.1, -0.05) is 90.4 Å². The first-order valence-corrected chi connectivity index (χ1v) is 14.2. The van der Waals surface area contributed by atoms with E-state index in [2.05, 4.69) is 43.3 Å². The second-order valence-electron chi connectivity index (χ2n) is 9.70. The Morgan fingerprint density at radius 3 is 2.41 bits per heavy atom. The van der Waals surface area contributed by atoms with Crippen molar-refractivity contribution < 1.29 is 9.59 Å². The number of amides is 2. The SMILES string of the molecule is CCC(C)CCCC(C)CC.C[B]n1ccc(C(=O)NCC(=O)Nc2nc(-c3cccc(C)c3)cs2)c1. The summed E-state index contributed by atoms with van der Waals surface area (Å²) in [6.07, 6.45) is 10.5. The molecular formula is C29H42BN4O2S. The highest BCUT2D eigenvalue weighted by Crippen LogP contribution is 2.25. The van der Waals surface area contributed by atoms with Crippen molar-refractivity contribution in [3.8, 4) is 11.3 Å². The van der Waals surface area contributed by atoms with Crippen LogP contribution in [0.15, 0.2) is 48.1 Å². The third kappa shape index (κ3) is 11.0. The lowest BCUT2D eigenvalue weighted by Gasteiger charge is -2.10. The zero-order valence-corrected chi connectivity index (χ0v) is 24.0. The van der Waals surface area contributed by atoms with Gasteiger partial charge >= 0.3 is 0 Å². The van der Waals surface area contributed by atoms with Gasteiger partial charge in [-0.05, 0) is 37.1 Å². The molecule has 2 heterocycles. The molecule has 1 aromatic carbocycles. The number of rotatable bonds is 12. The number of aryl methyl sites for hydroxylation is 1. The quantitative estimate of drug-likeness (QED) is 0.251. The Bertz CT molecular complexity index is 1100. The molecule has 2 atom stereocenters. The minimum absolute atomic E-state index is 0.112. The molecule has 3 rings (SSSR count). The molecule has 2 aromatic heterocycles. The molecule has 2 unspecified atom stereocenters. The lowest BCUT2D eigenvalue weighted by molar-refractivity contribution is -0.115. The second-order valence-corrected chi connectivity index (χ2v) is 10.6. The van der Waals surface area contributed by atoms with E-state index in [1.54, 1.807) is 22.9 Å². The number of thiazole rings is 1. The highest BCUT2D eigenvalue weighted by atomic mass is 32.1. The molecule has 3 aromatic rings. The molecule has 0 bridgehead atoms. The van der Waals surface area contributed by atoms with E-state index >= 15 is 0 Å². The summed E-state index contributed by atoms with van der Waals surface area (Å²) in [5, 5.41) is 7.72. The van der Waals surface area contributed by atoms with Crippen molar-refractivity contribution in [2.24, 2.45) is 11.8 Å². The lowest BCUT2D eigenvalue weighted by atomic mass is 9.96. The van der Waals surface area contributed by atoms with Crippen LogP contribution >= 0.6 is 11.3 Å². The molecule has 0 fully saturated rings. The Kier molecular flexibility index (Phi) is 13.2. The maximum atomic E-state index is 12.0. The van der Waals surface area contributed by atoms with E-state index in [-0.39, 0.29) is 18.4 Å². The van der Waals surface area contributed by atoms with Crippen LogP contribution in [0, 0.1) is 18.8 Å². The third-order valence-electron chi connectivity index (χ3n) is 6.54. The molecule has 0 aliphatic rings. The average Bonchev–Trinajstić information content (AvgIpc) is 3.57. The summed E-state index contributed by atoms with van der Waals surface area (Å²) in [4.78, 5) is 28.5. The van der Waals surface area contributed by atoms with Gasteiger partial charge in [0.2, 0.25) is 13.3 Å². The summed E-state index contributed by atoms with van der Waals surface area (Å²) < 4.78 is 1.78. The number of hydrogen-bond donors (Lipinski definition) is 2. The minimum atomic E-state index is -0.315. The fraction of sp³-hybridized carbons (Fsp3) is 0.483. The number of aromatic nitrogens is 2. The summed E-state index contributed by atoms with van der Waals surface area (Å²) >= 11 is 1.35. The van der Waals surface area contributed by atoms with Crippen LogP contribution in [0.5, 0.6) is 0 Å². The standard InChI is InChI=1S/C18H18BN4O2S.C11H24/c1-12-4-3-5-13(8-12)15-11-26-18(21-15)22-16(24)9-20-17(25)14-6-7-23(10-14)19-2;1-5-10(3)8-7-9-11(4)6-2/h3-8,10-11H,9H2,1-2H3,(H,20,25)(H,21,22,24);10-11H,5-9H2,1-4H3. The Morgan fingerprint density at radius 1 is 1.11 bits per heavy atom. The second kappa shape index (κ2) is 16.1. The van der Waals surface area contributed by atoms with Crippen molar-refractivity contribution in [2.45, 2.75) is 73.5 Å². The van der Waals surface area contributed by atoms with Crippen LogP contribution in [0.3, 0.4) is 0 Å². The van der Waals surface area contributed by atoms with E-state index in [1.165, 1.54) is 43.4 Å². The number of carbonyl (C=O) groups excluding carboxylic acids is 2. The van der Waals surface area contributed by atoms with Gasteiger partial charge in [0.05, 0.1) is 17.8 Å². The topological polar surface area (TPSA) is 76.0 Å². The van der Waals surface area contributed by atoms with Gasteiger partial charge in [-0.15, -0.1) is 11.3 Å². The minimum Gasteiger partial charge on any atom is -0.402 e. The van der Waals surface area contributed by atoms with E-state index in [0.717, 1.165) is 28.7 Å². The van der Waals surface area contributed by atoms with E-state index in [4.69, 9.17) is 0 Å². The fourth-order valence-corrected chi connectivity index (χ4v) is 4.36. The average molecular weight is 522 g/mol. The fourth-order valence-electron chi connectivity index (χ4n) is 3.63. The van der Waals surface area contributed by atoms with Crippen LogP contribution in [0.4, 0.5) is 5.13 Å². The number of benzene rings is 1. The summed E-state index contributed by atoms with van der Waals surface area (Å²) in [6, 6.07) is 9.71. The van der Waals surface area contributed by atoms with Crippen molar-refractivity contribution in [3.05, 3.63) is 59.2 Å². The van der Waals surface area contributed by atoms with Crippen LogP contribution in [0.2, 0.25) is 6.82 Å². The first-order chi connectivity index (χ1) is 17.7. The molecule has 0 saturated carbocycles. The van der Waals surface area contributed by atoms with E-state index in [1.807, 2.05) is 50.8 Å². The predicted octanol–water partition coefficient (Wildman–Crippen LogP) is 7.05. The Hall–Kier alpha value is -2.87. The van der Waals surface area contributed by atoms with Crippen molar-refractivity contribution in [2.75, 3.05) is 11.9 Å². The van der Waals surface area contributed by atoms with Crippen molar-refractivity contribution in [3.63, 3.8) is 0 Å². The lowest BCUT2D eigenvalue weighted by Crippen LogP contribution is -2.32. The van der Waals surface area contributed by atoms with Gasteiger partial charge in [0, 0.05) is 17.1 Å². The van der Waals surface area contributed by atoms with Crippen LogP contribution < -0.4 is 10.6 Å². The highest BCUT2D eigenvalue weighted by Gasteiger charge is 2.11. The smallest absolute Gasteiger partial charge is 0.253 e. The molecule has 0 aliphatic carbocycles. The molecule has 1 radical (unpaired) electrons. The molecule has 199 valence electrons. The zero-order chi connectivity index (χ0) is 27.2. The number of carbonyl (C=O) groups is 2. The van der Waals surface area contributed by atoms with Crippen molar-refractivity contribution >= 4 is 35.7 Å². The molecule has 2 amide bonds. The molecule has 0 aliphatic heterocycles. The van der Waals surface area contributed by atoms with E-state index < -0.39 is 0 Å². The molecular weight excluding hydrogens is 479 g/mol. The summed E-state index contributed by atoms with van der Waals surface area (Å²) in [6.45, 7) is 13.1. The maximum absolute atomic E-state index is 12.0. The van der Waals surface area contributed by atoms with Gasteiger partial charge in [-0.25, -0.2) is 4.98 Å². The van der Waals surface area contributed by atoms with Gasteiger partial charge < -0.3 is 15.1 Å². The first kappa shape index (κ1) is 30.4. The zero-order valence-electron chi connectivity index (χ0n) is 23.2. The van der Waals surface area contributed by atoms with Gasteiger partial charge in [0.25, 0.3) is 5.91 Å². The summed E-state index contributed by atoms with van der Waals surface area (Å²) in [7, 11) is 1.83. The Morgan fingerprint density at radius 2 is 1.81 bits per heavy atom. The summed E-state index contributed by atoms with van der Waals surface area (Å²) in [5.74, 6) is 1.28. The molecule has 0 spiro atoms. The molecule has 6 nitrogen and oxygen atoms in total. The third-order valence-corrected chi connectivity index (χ3v) is 7.29. The van der Waals surface area contributed by atoms with Gasteiger partial charge in [0.15, 0.2) is 5.13 Å². The highest BCUT2D eigenvalue weighted by molar-refractivity contribution is 7.14.